The van der Waals surface area contributed by atoms with Crippen LogP contribution in [0.1, 0.15) is 24.0 Å². The Balaban J connectivity index is 1.52. The largest absolute Gasteiger partial charge is 0.493 e. The van der Waals surface area contributed by atoms with Crippen molar-refractivity contribution in [1.82, 2.24) is 9.62 Å². The van der Waals surface area contributed by atoms with Crippen LogP contribution in [0.15, 0.2) is 86.8 Å². The lowest BCUT2D eigenvalue weighted by molar-refractivity contribution is -0.136. The normalized spacial score (nSPS) is 14.7. The maximum Gasteiger partial charge on any atom is 0.340 e. The number of esters is 1. The van der Waals surface area contributed by atoms with E-state index in [1.165, 1.54) is 30.2 Å². The van der Waals surface area contributed by atoms with E-state index >= 15 is 0 Å². The van der Waals surface area contributed by atoms with Gasteiger partial charge in [-0.25, -0.2) is 17.9 Å². The predicted molar refractivity (Wildman–Crippen MR) is 147 cm³/mol. The Bertz CT molecular complexity index is 1570. The van der Waals surface area contributed by atoms with E-state index in [1.54, 1.807) is 57.5 Å². The van der Waals surface area contributed by atoms with Crippen molar-refractivity contribution in [2.24, 2.45) is 0 Å². The Morgan fingerprint density at radius 1 is 1.00 bits per heavy atom. The third-order valence-electron chi connectivity index (χ3n) is 6.43. The van der Waals surface area contributed by atoms with E-state index in [9.17, 15) is 18.0 Å². The van der Waals surface area contributed by atoms with Crippen molar-refractivity contribution >= 4 is 28.0 Å². The van der Waals surface area contributed by atoms with Gasteiger partial charge in [-0.15, -0.1) is 0 Å². The molecule has 1 aromatic heterocycles. The van der Waals surface area contributed by atoms with Gasteiger partial charge in [0.1, 0.15) is 11.5 Å². The number of hydrogen-bond acceptors (Lipinski definition) is 8. The van der Waals surface area contributed by atoms with Crippen LogP contribution >= 0.6 is 0 Å². The first-order chi connectivity index (χ1) is 19.2. The number of nitrogens with one attached hydrogen (secondary N) is 1. The summed E-state index contributed by atoms with van der Waals surface area (Å²) >= 11 is 0. The zero-order valence-corrected chi connectivity index (χ0v) is 23.4. The van der Waals surface area contributed by atoms with Crippen molar-refractivity contribution in [2.45, 2.75) is 24.8 Å². The highest BCUT2D eigenvalue weighted by molar-refractivity contribution is 7.89. The first-order valence-corrected chi connectivity index (χ1v) is 13.8. The molecule has 1 amide bonds. The zero-order valence-electron chi connectivity index (χ0n) is 22.6. The molecule has 10 nitrogen and oxygen atoms in total. The number of furan rings is 1. The molecule has 2 aromatic carbocycles. The van der Waals surface area contributed by atoms with Crippen LogP contribution in [0.3, 0.4) is 0 Å². The zero-order chi connectivity index (χ0) is 28.9. The summed E-state index contributed by atoms with van der Waals surface area (Å²) in [6.45, 7) is 1.90. The summed E-state index contributed by atoms with van der Waals surface area (Å²) in [5.74, 6) is 0.781. The van der Waals surface area contributed by atoms with Gasteiger partial charge in [-0.2, -0.15) is 0 Å². The SMILES string of the molecule is COC(=O)C1=C(C)N(CCc2ccc(OC)c(OC)c2)C(=O)/C1=C\c1ccc(CNS(=O)(=O)c2ccccc2)o1. The Hall–Kier alpha value is -4.35. The van der Waals surface area contributed by atoms with Gasteiger partial charge in [0.15, 0.2) is 11.5 Å². The number of carbonyl (C=O) groups is 2. The monoisotopic (exact) mass is 566 g/mol. The van der Waals surface area contributed by atoms with E-state index in [-0.39, 0.29) is 34.3 Å². The standard InChI is InChI=1S/C29H30N2O8S/c1-19-27(29(33)38-4)24(28(32)31(19)15-14-20-10-13-25(36-2)26(16-20)37-3)17-21-11-12-22(39-21)18-30-40(34,35)23-8-6-5-7-9-23/h5-13,16-17,30H,14-15,18H2,1-4H3/b24-17-. The van der Waals surface area contributed by atoms with Gasteiger partial charge in [-0.3, -0.25) is 4.79 Å². The van der Waals surface area contributed by atoms with E-state index in [0.29, 0.717) is 35.9 Å². The Kier molecular flexibility index (Phi) is 8.76. The number of nitrogens with zero attached hydrogens (tertiary/aromatic N) is 1. The van der Waals surface area contributed by atoms with Crippen LogP contribution in [-0.4, -0.2) is 53.1 Å². The van der Waals surface area contributed by atoms with Gasteiger partial charge in [-0.1, -0.05) is 24.3 Å². The minimum Gasteiger partial charge on any atom is -0.493 e. The summed E-state index contributed by atoms with van der Waals surface area (Å²) in [6, 6.07) is 16.7. The summed E-state index contributed by atoms with van der Waals surface area (Å²) in [5.41, 5.74) is 1.65. The molecule has 0 fully saturated rings. The number of allylic oxidation sites excluding steroid dienone is 1. The summed E-state index contributed by atoms with van der Waals surface area (Å²) in [6.07, 6.45) is 1.96. The molecule has 0 saturated carbocycles. The lowest BCUT2D eigenvalue weighted by Gasteiger charge is -2.18. The smallest absolute Gasteiger partial charge is 0.340 e. The molecule has 40 heavy (non-hydrogen) atoms. The van der Waals surface area contributed by atoms with Gasteiger partial charge in [0, 0.05) is 12.2 Å². The fourth-order valence-electron chi connectivity index (χ4n) is 4.33. The number of amides is 1. The van der Waals surface area contributed by atoms with Gasteiger partial charge < -0.3 is 23.5 Å². The predicted octanol–water partition coefficient (Wildman–Crippen LogP) is 3.69. The number of methoxy groups -OCH3 is 3. The second-order valence-electron chi connectivity index (χ2n) is 8.85. The molecular weight excluding hydrogens is 536 g/mol. The summed E-state index contributed by atoms with van der Waals surface area (Å²) in [4.78, 5) is 27.8. The highest BCUT2D eigenvalue weighted by Crippen LogP contribution is 2.33. The molecule has 210 valence electrons. The van der Waals surface area contributed by atoms with Gasteiger partial charge in [0.05, 0.1) is 43.9 Å². The number of carbonyl (C=O) groups excluding carboxylic acids is 2. The van der Waals surface area contributed by atoms with Crippen molar-refractivity contribution in [1.29, 1.82) is 0 Å². The maximum atomic E-state index is 13.4. The first kappa shape index (κ1) is 28.7. The van der Waals surface area contributed by atoms with Gasteiger partial charge >= 0.3 is 5.97 Å². The third kappa shape index (κ3) is 6.11. The fraction of sp³-hybridized carbons (Fsp3) is 0.241. The molecule has 1 aliphatic rings. The van der Waals surface area contributed by atoms with Gasteiger partial charge in [0.25, 0.3) is 5.91 Å². The molecule has 1 aliphatic heterocycles. The Morgan fingerprint density at radius 3 is 2.40 bits per heavy atom. The lowest BCUT2D eigenvalue weighted by Crippen LogP contribution is -2.27. The number of hydrogen-bond donors (Lipinski definition) is 1. The average Bonchev–Trinajstić information content (AvgIpc) is 3.52. The van der Waals surface area contributed by atoms with Crippen LogP contribution in [0.2, 0.25) is 0 Å². The molecule has 0 atom stereocenters. The Labute approximate surface area is 232 Å². The highest BCUT2D eigenvalue weighted by Gasteiger charge is 2.37. The minimum atomic E-state index is -3.73. The maximum absolute atomic E-state index is 13.4. The molecule has 2 heterocycles. The van der Waals surface area contributed by atoms with Gasteiger partial charge in [0.2, 0.25) is 10.0 Å². The Morgan fingerprint density at radius 2 is 1.73 bits per heavy atom. The van der Waals surface area contributed by atoms with E-state index in [1.807, 2.05) is 12.1 Å². The molecule has 11 heteroatoms. The lowest BCUT2D eigenvalue weighted by atomic mass is 10.1. The van der Waals surface area contributed by atoms with Crippen molar-refractivity contribution in [3.05, 3.63) is 94.6 Å². The molecule has 0 radical (unpaired) electrons. The van der Waals surface area contributed by atoms with Crippen molar-refractivity contribution in [3.8, 4) is 11.5 Å². The fourth-order valence-corrected chi connectivity index (χ4v) is 5.35. The molecule has 0 bridgehead atoms. The van der Waals surface area contributed by atoms with Gasteiger partial charge in [-0.05, 0) is 61.4 Å². The van der Waals surface area contributed by atoms with Crippen LogP contribution in [-0.2, 0) is 37.3 Å². The summed E-state index contributed by atoms with van der Waals surface area (Å²) in [7, 11) is 0.635. The molecule has 0 spiro atoms. The number of ether oxygens (including phenoxy) is 3. The second-order valence-corrected chi connectivity index (χ2v) is 10.6. The summed E-state index contributed by atoms with van der Waals surface area (Å²) in [5, 5.41) is 0. The van der Waals surface area contributed by atoms with Crippen LogP contribution in [0.5, 0.6) is 11.5 Å². The molecule has 0 unspecified atom stereocenters. The second kappa shape index (κ2) is 12.2. The number of sulfonamides is 1. The molecule has 1 N–H and O–H groups in total. The van der Waals surface area contributed by atoms with Crippen LogP contribution < -0.4 is 14.2 Å². The third-order valence-corrected chi connectivity index (χ3v) is 7.85. The highest BCUT2D eigenvalue weighted by atomic mass is 32.2. The first-order valence-electron chi connectivity index (χ1n) is 12.4. The average molecular weight is 567 g/mol. The van der Waals surface area contributed by atoms with Crippen molar-refractivity contribution < 1.29 is 36.6 Å². The van der Waals surface area contributed by atoms with E-state index in [2.05, 4.69) is 4.72 Å². The van der Waals surface area contributed by atoms with Crippen LogP contribution in [0.4, 0.5) is 0 Å². The summed E-state index contributed by atoms with van der Waals surface area (Å²) < 4.78 is 48.9. The number of rotatable bonds is 11. The van der Waals surface area contributed by atoms with Crippen molar-refractivity contribution in [2.75, 3.05) is 27.9 Å². The van der Waals surface area contributed by atoms with Crippen molar-refractivity contribution in [3.63, 3.8) is 0 Å². The van der Waals surface area contributed by atoms with E-state index in [4.69, 9.17) is 18.6 Å². The molecule has 3 aromatic rings. The molecule has 4 rings (SSSR count). The molecular formula is C29H30N2O8S. The topological polar surface area (TPSA) is 124 Å². The molecule has 0 aliphatic carbocycles. The minimum absolute atomic E-state index is 0.0927. The van der Waals surface area contributed by atoms with Crippen LogP contribution in [0, 0.1) is 0 Å². The molecule has 0 saturated heterocycles. The van der Waals surface area contributed by atoms with Crippen LogP contribution in [0.25, 0.3) is 6.08 Å². The van der Waals surface area contributed by atoms with E-state index in [0.717, 1.165) is 5.56 Å². The number of benzene rings is 2. The quantitative estimate of drug-likeness (QED) is 0.275. The van der Waals surface area contributed by atoms with E-state index < -0.39 is 16.0 Å².